The van der Waals surface area contributed by atoms with Gasteiger partial charge in [0.1, 0.15) is 11.5 Å². The highest BCUT2D eigenvalue weighted by Gasteiger charge is 2.40. The Bertz CT molecular complexity index is 864. The third-order valence-corrected chi connectivity index (χ3v) is 5.76. The van der Waals surface area contributed by atoms with Crippen molar-refractivity contribution in [2.24, 2.45) is 0 Å². The summed E-state index contributed by atoms with van der Waals surface area (Å²) in [5, 5.41) is 3.08. The van der Waals surface area contributed by atoms with Gasteiger partial charge in [-0.15, -0.1) is 0 Å². The lowest BCUT2D eigenvalue weighted by molar-refractivity contribution is 0.0701. The third kappa shape index (κ3) is 3.39. The molecule has 142 valence electrons. The fraction of sp³-hybridized carbons (Fsp3) is 0.435. The molecule has 0 saturated carbocycles. The molecule has 0 spiro atoms. The number of nitrogens with one attached hydrogen (secondary N) is 1. The fourth-order valence-corrected chi connectivity index (χ4v) is 4.61. The normalized spacial score (nSPS) is 22.6. The van der Waals surface area contributed by atoms with Crippen molar-refractivity contribution in [3.63, 3.8) is 0 Å². The Morgan fingerprint density at radius 2 is 2.00 bits per heavy atom. The average Bonchev–Trinajstić information content (AvgIpc) is 2.99. The second-order valence-electron chi connectivity index (χ2n) is 8.41. The van der Waals surface area contributed by atoms with E-state index in [0.29, 0.717) is 6.54 Å². The van der Waals surface area contributed by atoms with Crippen LogP contribution in [0.4, 0.5) is 10.2 Å². The van der Waals surface area contributed by atoms with Crippen LogP contribution in [-0.2, 0) is 6.42 Å². The van der Waals surface area contributed by atoms with Crippen LogP contribution in [0.25, 0.3) is 5.57 Å². The Morgan fingerprint density at radius 1 is 1.22 bits per heavy atom. The van der Waals surface area contributed by atoms with Crippen LogP contribution >= 0.6 is 0 Å². The van der Waals surface area contributed by atoms with Gasteiger partial charge in [-0.05, 0) is 67.5 Å². The summed E-state index contributed by atoms with van der Waals surface area (Å²) in [7, 11) is 1.87. The van der Waals surface area contributed by atoms with Crippen LogP contribution < -0.4 is 5.32 Å². The molecule has 1 N–H and O–H groups in total. The van der Waals surface area contributed by atoms with Crippen LogP contribution in [0.5, 0.6) is 0 Å². The van der Waals surface area contributed by atoms with Gasteiger partial charge in [-0.25, -0.2) is 9.37 Å². The van der Waals surface area contributed by atoms with Crippen molar-refractivity contribution in [2.75, 3.05) is 18.9 Å². The fourth-order valence-electron chi connectivity index (χ4n) is 4.61. The summed E-state index contributed by atoms with van der Waals surface area (Å²) >= 11 is 0. The molecule has 0 saturated heterocycles. The van der Waals surface area contributed by atoms with E-state index in [1.807, 2.05) is 19.3 Å². The first-order valence-electron chi connectivity index (χ1n) is 9.76. The minimum Gasteiger partial charge on any atom is -0.373 e. The number of hydrogen-bond donors (Lipinski definition) is 1. The standard InChI is InChI=1S/C23H28FN3/c1-15-11-19-18-8-6-5-7-16(18)12-20(19)22(27(15)14-23(2,3)24)17-9-10-21(25-4)26-13-17/h5-10,13,15,22H,11-12,14H2,1-4H3,(H,25,26)/t15-,22-/m1/s1. The second kappa shape index (κ2) is 6.75. The molecule has 1 aromatic carbocycles. The molecule has 4 rings (SSSR count). The summed E-state index contributed by atoms with van der Waals surface area (Å²) in [6, 6.07) is 13.2. The SMILES string of the molecule is CNc1ccc([C@@H]2C3=C(C[C@@H](C)N2CC(C)(C)F)c2ccccc2C3)cn1. The summed E-state index contributed by atoms with van der Waals surface area (Å²) < 4.78 is 14.7. The average molecular weight is 365 g/mol. The van der Waals surface area contributed by atoms with Crippen molar-refractivity contribution in [2.45, 2.75) is 51.4 Å². The lowest BCUT2D eigenvalue weighted by Gasteiger charge is -2.44. The molecule has 0 fully saturated rings. The maximum atomic E-state index is 14.7. The molecule has 0 radical (unpaired) electrons. The van der Waals surface area contributed by atoms with Gasteiger partial charge in [0.25, 0.3) is 0 Å². The van der Waals surface area contributed by atoms with Crippen LogP contribution in [0.15, 0.2) is 48.2 Å². The van der Waals surface area contributed by atoms with Gasteiger partial charge in [-0.3, -0.25) is 4.90 Å². The van der Waals surface area contributed by atoms with Crippen LogP contribution in [0, 0.1) is 0 Å². The Hall–Kier alpha value is -2.20. The van der Waals surface area contributed by atoms with E-state index in [9.17, 15) is 4.39 Å². The summed E-state index contributed by atoms with van der Waals surface area (Å²) in [5.41, 5.74) is 5.54. The molecule has 2 aliphatic rings. The molecule has 2 heterocycles. The molecule has 2 aromatic rings. The summed E-state index contributed by atoms with van der Waals surface area (Å²) in [6.45, 7) is 5.98. The van der Waals surface area contributed by atoms with E-state index in [4.69, 9.17) is 0 Å². The topological polar surface area (TPSA) is 28.2 Å². The molecule has 27 heavy (non-hydrogen) atoms. The monoisotopic (exact) mass is 365 g/mol. The summed E-state index contributed by atoms with van der Waals surface area (Å²) in [5.74, 6) is 0.851. The number of pyridine rings is 1. The van der Waals surface area contributed by atoms with E-state index < -0.39 is 5.67 Å². The van der Waals surface area contributed by atoms with Crippen molar-refractivity contribution in [1.82, 2.24) is 9.88 Å². The zero-order valence-electron chi connectivity index (χ0n) is 16.6. The van der Waals surface area contributed by atoms with Crippen molar-refractivity contribution >= 4 is 11.4 Å². The van der Waals surface area contributed by atoms with Crippen LogP contribution in [0.1, 0.15) is 49.9 Å². The predicted molar refractivity (Wildman–Crippen MR) is 110 cm³/mol. The Labute approximate surface area is 161 Å². The van der Waals surface area contributed by atoms with Gasteiger partial charge in [-0.1, -0.05) is 30.3 Å². The van der Waals surface area contributed by atoms with E-state index in [1.54, 1.807) is 13.8 Å². The highest BCUT2D eigenvalue weighted by molar-refractivity contribution is 5.78. The highest BCUT2D eigenvalue weighted by Crippen LogP contribution is 2.48. The Morgan fingerprint density at radius 3 is 2.67 bits per heavy atom. The van der Waals surface area contributed by atoms with E-state index in [1.165, 1.54) is 22.3 Å². The summed E-state index contributed by atoms with van der Waals surface area (Å²) in [6.07, 6.45) is 3.86. The van der Waals surface area contributed by atoms with Gasteiger partial charge >= 0.3 is 0 Å². The van der Waals surface area contributed by atoms with E-state index in [2.05, 4.69) is 52.5 Å². The van der Waals surface area contributed by atoms with Crippen molar-refractivity contribution in [1.29, 1.82) is 0 Å². The van der Waals surface area contributed by atoms with E-state index in [-0.39, 0.29) is 12.1 Å². The molecule has 0 amide bonds. The second-order valence-corrected chi connectivity index (χ2v) is 8.41. The number of fused-ring (bicyclic) bond motifs is 2. The minimum atomic E-state index is -1.24. The van der Waals surface area contributed by atoms with Crippen LogP contribution in [0.2, 0.25) is 0 Å². The Balaban J connectivity index is 1.81. The maximum absolute atomic E-state index is 14.7. The first-order valence-corrected chi connectivity index (χ1v) is 9.76. The molecular weight excluding hydrogens is 337 g/mol. The number of benzene rings is 1. The van der Waals surface area contributed by atoms with Gasteiger partial charge in [0.05, 0.1) is 6.04 Å². The molecule has 0 bridgehead atoms. The van der Waals surface area contributed by atoms with Crippen molar-refractivity contribution < 1.29 is 4.39 Å². The van der Waals surface area contributed by atoms with E-state index in [0.717, 1.165) is 24.2 Å². The third-order valence-electron chi connectivity index (χ3n) is 5.76. The number of anilines is 1. The van der Waals surface area contributed by atoms with Gasteiger partial charge in [0.15, 0.2) is 0 Å². The number of alkyl halides is 1. The van der Waals surface area contributed by atoms with Crippen molar-refractivity contribution in [3.8, 4) is 0 Å². The molecule has 0 unspecified atom stereocenters. The largest absolute Gasteiger partial charge is 0.373 e. The van der Waals surface area contributed by atoms with Gasteiger partial charge in [-0.2, -0.15) is 0 Å². The quantitative estimate of drug-likeness (QED) is 0.825. The molecular formula is C23H28FN3. The molecule has 1 aliphatic carbocycles. The number of hydrogen-bond acceptors (Lipinski definition) is 3. The molecule has 4 heteroatoms. The first kappa shape index (κ1) is 18.2. The first-order chi connectivity index (χ1) is 12.9. The highest BCUT2D eigenvalue weighted by atomic mass is 19.1. The number of rotatable bonds is 4. The number of halogens is 1. The zero-order chi connectivity index (χ0) is 19.2. The lowest BCUT2D eigenvalue weighted by Crippen LogP contribution is -2.46. The lowest BCUT2D eigenvalue weighted by atomic mass is 9.85. The molecule has 2 atom stereocenters. The predicted octanol–water partition coefficient (Wildman–Crippen LogP) is 5.02. The van der Waals surface area contributed by atoms with Gasteiger partial charge in [0.2, 0.25) is 0 Å². The van der Waals surface area contributed by atoms with E-state index >= 15 is 0 Å². The Kier molecular flexibility index (Phi) is 4.55. The van der Waals surface area contributed by atoms with Gasteiger partial charge < -0.3 is 5.32 Å². The number of aromatic nitrogens is 1. The van der Waals surface area contributed by atoms with Crippen LogP contribution in [-0.4, -0.2) is 35.2 Å². The molecule has 1 aliphatic heterocycles. The maximum Gasteiger partial charge on any atom is 0.125 e. The zero-order valence-corrected chi connectivity index (χ0v) is 16.6. The molecule has 3 nitrogen and oxygen atoms in total. The van der Waals surface area contributed by atoms with Gasteiger partial charge in [0, 0.05) is 25.8 Å². The molecule has 1 aromatic heterocycles. The number of nitrogens with zero attached hydrogens (tertiary/aromatic N) is 2. The smallest absolute Gasteiger partial charge is 0.125 e. The summed E-state index contributed by atoms with van der Waals surface area (Å²) in [4.78, 5) is 6.87. The van der Waals surface area contributed by atoms with Crippen LogP contribution in [0.3, 0.4) is 0 Å². The van der Waals surface area contributed by atoms with Crippen molar-refractivity contribution in [3.05, 3.63) is 64.9 Å². The minimum absolute atomic E-state index is 0.0737.